The van der Waals surface area contributed by atoms with Gasteiger partial charge in [0.15, 0.2) is 12.4 Å². The first-order chi connectivity index (χ1) is 14.0. The molecular formula is C21H19N5O3. The van der Waals surface area contributed by atoms with Gasteiger partial charge in [0.25, 0.3) is 5.91 Å². The summed E-state index contributed by atoms with van der Waals surface area (Å²) in [6, 6.07) is 13.8. The topological polar surface area (TPSA) is 110 Å². The van der Waals surface area contributed by atoms with Crippen molar-refractivity contribution in [1.82, 2.24) is 14.8 Å². The third-order valence-corrected chi connectivity index (χ3v) is 4.07. The third kappa shape index (κ3) is 4.65. The summed E-state index contributed by atoms with van der Waals surface area (Å²) in [6.07, 6.45) is 3.07. The average molecular weight is 389 g/mol. The maximum absolute atomic E-state index is 12.5. The van der Waals surface area contributed by atoms with E-state index in [1.807, 2.05) is 26.0 Å². The predicted molar refractivity (Wildman–Crippen MR) is 106 cm³/mol. The number of esters is 1. The van der Waals surface area contributed by atoms with E-state index in [0.717, 1.165) is 0 Å². The van der Waals surface area contributed by atoms with E-state index in [1.54, 1.807) is 47.3 Å². The summed E-state index contributed by atoms with van der Waals surface area (Å²) >= 11 is 0. The van der Waals surface area contributed by atoms with Gasteiger partial charge >= 0.3 is 5.97 Å². The molecule has 0 bridgehead atoms. The molecule has 29 heavy (non-hydrogen) atoms. The number of pyridine rings is 1. The van der Waals surface area contributed by atoms with Gasteiger partial charge in [-0.1, -0.05) is 19.9 Å². The highest BCUT2D eigenvalue weighted by Gasteiger charge is 2.23. The number of hydrogen-bond donors (Lipinski definition) is 1. The summed E-state index contributed by atoms with van der Waals surface area (Å²) in [5.74, 6) is -0.541. The van der Waals surface area contributed by atoms with Crippen LogP contribution in [0, 0.1) is 11.3 Å². The van der Waals surface area contributed by atoms with Gasteiger partial charge in [-0.05, 0) is 42.3 Å². The summed E-state index contributed by atoms with van der Waals surface area (Å²) in [7, 11) is 0. The summed E-state index contributed by atoms with van der Waals surface area (Å²) in [6.45, 7) is 3.43. The molecule has 1 aromatic carbocycles. The lowest BCUT2D eigenvalue weighted by molar-refractivity contribution is -0.119. The van der Waals surface area contributed by atoms with Gasteiger partial charge < -0.3 is 10.1 Å². The second-order valence-corrected chi connectivity index (χ2v) is 6.51. The van der Waals surface area contributed by atoms with Gasteiger partial charge in [0.2, 0.25) is 0 Å². The number of benzene rings is 1. The molecule has 0 radical (unpaired) electrons. The number of nitrogens with zero attached hydrogens (tertiary/aromatic N) is 4. The molecule has 8 heteroatoms. The van der Waals surface area contributed by atoms with Gasteiger partial charge in [-0.3, -0.25) is 4.79 Å². The largest absolute Gasteiger partial charge is 0.452 e. The van der Waals surface area contributed by atoms with Crippen LogP contribution < -0.4 is 5.32 Å². The van der Waals surface area contributed by atoms with E-state index in [9.17, 15) is 9.59 Å². The van der Waals surface area contributed by atoms with E-state index in [-0.39, 0.29) is 11.5 Å². The number of anilines is 1. The van der Waals surface area contributed by atoms with Gasteiger partial charge in [0.1, 0.15) is 5.56 Å². The maximum atomic E-state index is 12.5. The Hall–Kier alpha value is -3.99. The van der Waals surface area contributed by atoms with Crippen LogP contribution >= 0.6 is 0 Å². The Morgan fingerprint density at radius 3 is 2.59 bits per heavy atom. The van der Waals surface area contributed by atoms with Gasteiger partial charge in [-0.2, -0.15) is 10.4 Å². The Morgan fingerprint density at radius 1 is 1.21 bits per heavy atom. The number of hydrogen-bond acceptors (Lipinski definition) is 6. The molecule has 0 saturated heterocycles. The van der Waals surface area contributed by atoms with Crippen LogP contribution in [-0.4, -0.2) is 33.2 Å². The van der Waals surface area contributed by atoms with Crippen LogP contribution in [-0.2, 0) is 9.53 Å². The Bertz CT molecular complexity index is 1050. The molecule has 0 aliphatic rings. The molecule has 146 valence electrons. The number of carbonyl (C=O) groups excluding carboxylic acids is 2. The molecule has 3 rings (SSSR count). The van der Waals surface area contributed by atoms with E-state index < -0.39 is 18.5 Å². The average Bonchev–Trinajstić information content (AvgIpc) is 3.19. The molecule has 0 spiro atoms. The number of ether oxygens (including phenoxy) is 1. The second kappa shape index (κ2) is 8.80. The number of aromatic nitrogens is 3. The molecule has 3 aromatic rings. The highest BCUT2D eigenvalue weighted by atomic mass is 16.5. The molecule has 2 aromatic heterocycles. The molecule has 2 heterocycles. The van der Waals surface area contributed by atoms with Crippen molar-refractivity contribution in [3.8, 4) is 11.9 Å². The van der Waals surface area contributed by atoms with Gasteiger partial charge in [-0.15, -0.1) is 0 Å². The molecule has 0 saturated carbocycles. The van der Waals surface area contributed by atoms with E-state index in [2.05, 4.69) is 15.4 Å². The lowest BCUT2D eigenvalue weighted by Gasteiger charge is -2.12. The number of carbonyl (C=O) groups is 2. The van der Waals surface area contributed by atoms with E-state index in [0.29, 0.717) is 22.8 Å². The highest BCUT2D eigenvalue weighted by molar-refractivity contribution is 5.96. The predicted octanol–water partition coefficient (Wildman–Crippen LogP) is 3.06. The third-order valence-electron chi connectivity index (χ3n) is 4.07. The van der Waals surface area contributed by atoms with E-state index in [1.165, 1.54) is 6.20 Å². The van der Waals surface area contributed by atoms with Gasteiger partial charge in [0, 0.05) is 11.9 Å². The summed E-state index contributed by atoms with van der Waals surface area (Å²) in [5.41, 5.74) is 1.94. The Labute approximate surface area is 167 Å². The highest BCUT2D eigenvalue weighted by Crippen LogP contribution is 2.23. The first kappa shape index (κ1) is 19.8. The summed E-state index contributed by atoms with van der Waals surface area (Å²) < 4.78 is 6.77. The quantitative estimate of drug-likeness (QED) is 0.649. The fourth-order valence-electron chi connectivity index (χ4n) is 2.77. The SMILES string of the molecule is CC(C)c1c(C(=O)OCC(=O)Nc2ccc(C#N)cc2)cnn1-c1ccccn1. The second-order valence-electron chi connectivity index (χ2n) is 6.51. The molecule has 0 aliphatic carbocycles. The van der Waals surface area contributed by atoms with Crippen LogP contribution in [0.15, 0.2) is 54.9 Å². The van der Waals surface area contributed by atoms with Crippen molar-refractivity contribution >= 4 is 17.6 Å². The van der Waals surface area contributed by atoms with Crippen molar-refractivity contribution in [2.24, 2.45) is 0 Å². The number of nitrogens with one attached hydrogen (secondary N) is 1. The molecule has 0 unspecified atom stereocenters. The Morgan fingerprint density at radius 2 is 1.97 bits per heavy atom. The summed E-state index contributed by atoms with van der Waals surface area (Å²) in [4.78, 5) is 28.9. The Balaban J connectivity index is 1.68. The zero-order valence-corrected chi connectivity index (χ0v) is 16.0. The molecule has 8 nitrogen and oxygen atoms in total. The van der Waals surface area contributed by atoms with E-state index >= 15 is 0 Å². The standard InChI is InChI=1S/C21H19N5O3/c1-14(2)20-17(12-24-26(20)18-5-3-4-10-23-18)21(28)29-13-19(27)25-16-8-6-15(11-22)7-9-16/h3-10,12,14H,13H2,1-2H3,(H,25,27). The fraction of sp³-hybridized carbons (Fsp3) is 0.190. The normalized spacial score (nSPS) is 10.4. The van der Waals surface area contributed by atoms with Gasteiger partial charge in [0.05, 0.1) is 23.5 Å². The molecule has 0 aliphatic heterocycles. The first-order valence-electron chi connectivity index (χ1n) is 8.96. The maximum Gasteiger partial charge on any atom is 0.342 e. The van der Waals surface area contributed by atoms with Crippen molar-refractivity contribution in [2.75, 3.05) is 11.9 Å². The van der Waals surface area contributed by atoms with Crippen LogP contribution in [0.3, 0.4) is 0 Å². The monoisotopic (exact) mass is 389 g/mol. The molecule has 0 atom stereocenters. The van der Waals surface area contributed by atoms with Crippen LogP contribution in [0.25, 0.3) is 5.82 Å². The van der Waals surface area contributed by atoms with Crippen LogP contribution in [0.2, 0.25) is 0 Å². The zero-order chi connectivity index (χ0) is 20.8. The minimum absolute atomic E-state index is 0.0190. The van der Waals surface area contributed by atoms with Crippen molar-refractivity contribution in [3.63, 3.8) is 0 Å². The van der Waals surface area contributed by atoms with Crippen molar-refractivity contribution < 1.29 is 14.3 Å². The summed E-state index contributed by atoms with van der Waals surface area (Å²) in [5, 5.41) is 15.7. The number of nitriles is 1. The Kier molecular flexibility index (Phi) is 6.00. The lowest BCUT2D eigenvalue weighted by Crippen LogP contribution is -2.21. The smallest absolute Gasteiger partial charge is 0.342 e. The van der Waals surface area contributed by atoms with Crippen LogP contribution in [0.5, 0.6) is 0 Å². The van der Waals surface area contributed by atoms with E-state index in [4.69, 9.17) is 10.00 Å². The zero-order valence-electron chi connectivity index (χ0n) is 16.0. The number of amides is 1. The lowest BCUT2D eigenvalue weighted by atomic mass is 10.1. The molecule has 0 fully saturated rings. The van der Waals surface area contributed by atoms with Crippen LogP contribution in [0.4, 0.5) is 5.69 Å². The van der Waals surface area contributed by atoms with Crippen LogP contribution in [0.1, 0.15) is 41.4 Å². The minimum Gasteiger partial charge on any atom is -0.452 e. The number of rotatable bonds is 6. The molecular weight excluding hydrogens is 370 g/mol. The first-order valence-corrected chi connectivity index (χ1v) is 8.96. The fourth-order valence-corrected chi connectivity index (χ4v) is 2.77. The van der Waals surface area contributed by atoms with Crippen molar-refractivity contribution in [1.29, 1.82) is 5.26 Å². The molecule has 1 N–H and O–H groups in total. The van der Waals surface area contributed by atoms with Crippen molar-refractivity contribution in [3.05, 3.63) is 71.7 Å². The minimum atomic E-state index is -0.633. The molecule has 1 amide bonds. The van der Waals surface area contributed by atoms with Crippen molar-refractivity contribution in [2.45, 2.75) is 19.8 Å². The van der Waals surface area contributed by atoms with Gasteiger partial charge in [-0.25, -0.2) is 14.5 Å².